The summed E-state index contributed by atoms with van der Waals surface area (Å²) in [4.78, 5) is 2.70. The van der Waals surface area contributed by atoms with Crippen molar-refractivity contribution in [3.8, 4) is 0 Å². The molecule has 1 aromatic carbocycles. The highest BCUT2D eigenvalue weighted by Crippen LogP contribution is 2.34. The standard InChI is InChI=1S/C16H24N2S/c1-12-13(2)19-10-9-18(12)11-14-7-8-17-16-6-4-3-5-15(14)16/h3-6,12-14,17H,7-11H2,1-2H3. The van der Waals surface area contributed by atoms with Crippen molar-refractivity contribution < 1.29 is 0 Å². The molecule has 3 unspecified atom stereocenters. The van der Waals surface area contributed by atoms with E-state index in [4.69, 9.17) is 0 Å². The lowest BCUT2D eigenvalue weighted by Crippen LogP contribution is -2.46. The lowest BCUT2D eigenvalue weighted by Gasteiger charge is -2.40. The van der Waals surface area contributed by atoms with Gasteiger partial charge < -0.3 is 5.32 Å². The molecule has 0 bridgehead atoms. The minimum Gasteiger partial charge on any atom is -0.385 e. The van der Waals surface area contributed by atoms with Crippen molar-refractivity contribution in [2.75, 3.05) is 30.7 Å². The molecule has 2 aliphatic heterocycles. The second-order valence-electron chi connectivity index (χ2n) is 5.81. The summed E-state index contributed by atoms with van der Waals surface area (Å²) in [5, 5.41) is 4.30. The summed E-state index contributed by atoms with van der Waals surface area (Å²) in [6.07, 6.45) is 1.27. The number of para-hydroxylation sites is 1. The van der Waals surface area contributed by atoms with Gasteiger partial charge >= 0.3 is 0 Å². The van der Waals surface area contributed by atoms with Gasteiger partial charge in [-0.3, -0.25) is 4.90 Å². The number of anilines is 1. The van der Waals surface area contributed by atoms with E-state index in [9.17, 15) is 0 Å². The molecule has 1 saturated heterocycles. The molecule has 2 nitrogen and oxygen atoms in total. The zero-order valence-electron chi connectivity index (χ0n) is 11.9. The van der Waals surface area contributed by atoms with Crippen LogP contribution in [0.25, 0.3) is 0 Å². The van der Waals surface area contributed by atoms with E-state index in [0.717, 1.165) is 11.8 Å². The van der Waals surface area contributed by atoms with E-state index < -0.39 is 0 Å². The Morgan fingerprint density at radius 1 is 1.32 bits per heavy atom. The predicted octanol–water partition coefficient (Wildman–Crippen LogP) is 3.41. The van der Waals surface area contributed by atoms with Crippen molar-refractivity contribution in [1.29, 1.82) is 0 Å². The lowest BCUT2D eigenvalue weighted by atomic mass is 9.90. The van der Waals surface area contributed by atoms with Gasteiger partial charge in [-0.25, -0.2) is 0 Å². The fraction of sp³-hybridized carbons (Fsp3) is 0.625. The van der Waals surface area contributed by atoms with Crippen LogP contribution in [0, 0.1) is 0 Å². The van der Waals surface area contributed by atoms with Gasteiger partial charge in [0.1, 0.15) is 0 Å². The van der Waals surface area contributed by atoms with E-state index in [1.807, 2.05) is 0 Å². The smallest absolute Gasteiger partial charge is 0.0376 e. The van der Waals surface area contributed by atoms with Crippen LogP contribution in [0.15, 0.2) is 24.3 Å². The molecule has 1 N–H and O–H groups in total. The summed E-state index contributed by atoms with van der Waals surface area (Å²) in [5.74, 6) is 1.99. The Kier molecular flexibility index (Phi) is 4.04. The summed E-state index contributed by atoms with van der Waals surface area (Å²) in [5.41, 5.74) is 2.87. The normalized spacial score (nSPS) is 31.6. The van der Waals surface area contributed by atoms with Crippen LogP contribution < -0.4 is 5.32 Å². The molecule has 2 aliphatic rings. The molecule has 1 aromatic rings. The number of nitrogens with one attached hydrogen (secondary N) is 1. The summed E-state index contributed by atoms with van der Waals surface area (Å²) in [7, 11) is 0. The topological polar surface area (TPSA) is 15.3 Å². The van der Waals surface area contributed by atoms with Crippen molar-refractivity contribution in [2.24, 2.45) is 0 Å². The molecule has 2 heterocycles. The molecule has 3 heteroatoms. The summed E-state index contributed by atoms with van der Waals surface area (Å²) in [6, 6.07) is 9.55. The van der Waals surface area contributed by atoms with Crippen molar-refractivity contribution in [3.63, 3.8) is 0 Å². The second kappa shape index (κ2) is 5.76. The van der Waals surface area contributed by atoms with E-state index in [2.05, 4.69) is 60.1 Å². The zero-order valence-corrected chi connectivity index (χ0v) is 12.7. The number of rotatable bonds is 2. The van der Waals surface area contributed by atoms with Gasteiger partial charge in [0.25, 0.3) is 0 Å². The zero-order chi connectivity index (χ0) is 13.2. The monoisotopic (exact) mass is 276 g/mol. The van der Waals surface area contributed by atoms with Crippen molar-refractivity contribution >= 4 is 17.4 Å². The van der Waals surface area contributed by atoms with Gasteiger partial charge in [-0.2, -0.15) is 11.8 Å². The highest BCUT2D eigenvalue weighted by atomic mass is 32.2. The van der Waals surface area contributed by atoms with Crippen LogP contribution in [0.3, 0.4) is 0 Å². The van der Waals surface area contributed by atoms with Crippen molar-refractivity contribution in [1.82, 2.24) is 4.90 Å². The van der Waals surface area contributed by atoms with Gasteiger partial charge in [-0.05, 0) is 25.0 Å². The third-order valence-corrected chi connectivity index (χ3v) is 6.02. The van der Waals surface area contributed by atoms with Crippen LogP contribution in [0.1, 0.15) is 31.7 Å². The van der Waals surface area contributed by atoms with Crippen molar-refractivity contribution in [2.45, 2.75) is 37.5 Å². The van der Waals surface area contributed by atoms with Gasteiger partial charge in [-0.1, -0.05) is 25.1 Å². The molecule has 104 valence electrons. The third kappa shape index (κ3) is 2.77. The maximum Gasteiger partial charge on any atom is 0.0376 e. The van der Waals surface area contributed by atoms with E-state index in [1.165, 1.54) is 36.5 Å². The van der Waals surface area contributed by atoms with Crippen LogP contribution in [0.2, 0.25) is 0 Å². The van der Waals surface area contributed by atoms with Gasteiger partial charge in [0.05, 0.1) is 0 Å². The van der Waals surface area contributed by atoms with E-state index in [1.54, 1.807) is 0 Å². The fourth-order valence-electron chi connectivity index (χ4n) is 3.28. The van der Waals surface area contributed by atoms with Crippen LogP contribution in [-0.4, -0.2) is 41.6 Å². The van der Waals surface area contributed by atoms with Gasteiger partial charge in [0.2, 0.25) is 0 Å². The summed E-state index contributed by atoms with van der Waals surface area (Å²) >= 11 is 2.12. The molecule has 0 radical (unpaired) electrons. The maximum absolute atomic E-state index is 3.53. The van der Waals surface area contributed by atoms with Crippen molar-refractivity contribution in [3.05, 3.63) is 29.8 Å². The first-order chi connectivity index (χ1) is 9.25. The molecular weight excluding hydrogens is 252 g/mol. The average molecular weight is 276 g/mol. The average Bonchev–Trinajstić information content (AvgIpc) is 2.44. The first-order valence-electron chi connectivity index (χ1n) is 7.44. The molecule has 19 heavy (non-hydrogen) atoms. The van der Waals surface area contributed by atoms with Crippen LogP contribution in [0.4, 0.5) is 5.69 Å². The SMILES string of the molecule is CC1SCCN(CC2CCNc3ccccc32)C1C. The number of hydrogen-bond acceptors (Lipinski definition) is 3. The Bertz CT molecular complexity index is 435. The number of fused-ring (bicyclic) bond motifs is 1. The van der Waals surface area contributed by atoms with Gasteiger partial charge in [-0.15, -0.1) is 0 Å². The Labute approximate surface area is 121 Å². The lowest BCUT2D eigenvalue weighted by molar-refractivity contribution is 0.197. The Morgan fingerprint density at radius 3 is 3.05 bits per heavy atom. The first-order valence-corrected chi connectivity index (χ1v) is 8.49. The molecule has 0 aliphatic carbocycles. The first kappa shape index (κ1) is 13.3. The molecule has 0 saturated carbocycles. The largest absolute Gasteiger partial charge is 0.385 e. The Morgan fingerprint density at radius 2 is 2.16 bits per heavy atom. The molecular formula is C16H24N2S. The second-order valence-corrected chi connectivity index (χ2v) is 7.30. The molecule has 0 spiro atoms. The quantitative estimate of drug-likeness (QED) is 0.891. The molecule has 0 amide bonds. The minimum absolute atomic E-state index is 0.704. The van der Waals surface area contributed by atoms with Gasteiger partial charge in [0, 0.05) is 48.3 Å². The third-order valence-electron chi connectivity index (χ3n) is 4.68. The molecule has 3 atom stereocenters. The number of hydrogen-bond donors (Lipinski definition) is 1. The van der Waals surface area contributed by atoms with E-state index >= 15 is 0 Å². The number of nitrogens with zero attached hydrogens (tertiary/aromatic N) is 1. The van der Waals surface area contributed by atoms with Crippen LogP contribution in [0.5, 0.6) is 0 Å². The number of thioether (sulfide) groups is 1. The number of benzene rings is 1. The predicted molar refractivity (Wildman–Crippen MR) is 85.2 cm³/mol. The fourth-order valence-corrected chi connectivity index (χ4v) is 4.44. The minimum atomic E-state index is 0.704. The molecule has 0 aromatic heterocycles. The Balaban J connectivity index is 1.74. The van der Waals surface area contributed by atoms with Crippen LogP contribution >= 0.6 is 11.8 Å². The van der Waals surface area contributed by atoms with E-state index in [-0.39, 0.29) is 0 Å². The Hall–Kier alpha value is -0.670. The molecule has 3 rings (SSSR count). The summed E-state index contributed by atoms with van der Waals surface area (Å²) in [6.45, 7) is 8.36. The summed E-state index contributed by atoms with van der Waals surface area (Å²) < 4.78 is 0. The maximum atomic E-state index is 3.53. The van der Waals surface area contributed by atoms with Gasteiger partial charge in [0.15, 0.2) is 0 Å². The van der Waals surface area contributed by atoms with E-state index in [0.29, 0.717) is 12.0 Å². The van der Waals surface area contributed by atoms with Crippen LogP contribution in [-0.2, 0) is 0 Å². The highest BCUT2D eigenvalue weighted by molar-refractivity contribution is 8.00. The highest BCUT2D eigenvalue weighted by Gasteiger charge is 2.29. The molecule has 1 fully saturated rings.